The summed E-state index contributed by atoms with van der Waals surface area (Å²) in [5.74, 6) is 0. The van der Waals surface area contributed by atoms with Crippen molar-refractivity contribution in [3.8, 4) is 0 Å². The van der Waals surface area contributed by atoms with Crippen molar-refractivity contribution in [2.75, 3.05) is 0 Å². The number of rotatable bonds is 0. The van der Waals surface area contributed by atoms with Crippen LogP contribution in [0.25, 0.3) is 0 Å². The lowest BCUT2D eigenvalue weighted by molar-refractivity contribution is -0.0536. The molecule has 42 valence electrons. The molecule has 0 aliphatic carbocycles. The van der Waals surface area contributed by atoms with Gasteiger partial charge in [0.25, 0.3) is 0 Å². The molecule has 7 heavy (non-hydrogen) atoms. The Morgan fingerprint density at radius 2 is 1.57 bits per heavy atom. The Hall–Kier alpha value is 0.170. The van der Waals surface area contributed by atoms with Gasteiger partial charge >= 0.3 is 6.18 Å². The molecule has 0 nitrogen and oxygen atoms in total. The minimum Gasteiger partial charge on any atom is -0.164 e. The van der Waals surface area contributed by atoms with Gasteiger partial charge in [-0.2, -0.15) is 13.2 Å². The fourth-order valence-corrected chi connectivity index (χ4v) is 0. The summed E-state index contributed by atoms with van der Waals surface area (Å²) < 4.78 is 31.3. The summed E-state index contributed by atoms with van der Waals surface area (Å²) in [6, 6.07) is 0. The van der Waals surface area contributed by atoms with Gasteiger partial charge in [0.1, 0.15) is 0 Å². The summed E-state index contributed by atoms with van der Waals surface area (Å²) in [5, 5.41) is 0. The Balaban J connectivity index is 3.79. The van der Waals surface area contributed by atoms with Crippen molar-refractivity contribution in [1.82, 2.24) is 0 Å². The van der Waals surface area contributed by atoms with Crippen molar-refractivity contribution in [2.24, 2.45) is 0 Å². The number of alkyl halides is 3. The average Bonchev–Trinajstić information content (AvgIpc) is 1.31. The molecule has 0 aliphatic rings. The van der Waals surface area contributed by atoms with E-state index in [4.69, 9.17) is 0 Å². The van der Waals surface area contributed by atoms with Crippen LogP contribution in [0.4, 0.5) is 13.2 Å². The van der Waals surface area contributed by atoms with Crippen molar-refractivity contribution in [3.05, 3.63) is 0 Å². The van der Waals surface area contributed by atoms with E-state index in [9.17, 15) is 13.2 Å². The van der Waals surface area contributed by atoms with Crippen LogP contribution >= 0.6 is 23.8 Å². The molecule has 0 N–H and O–H groups in total. The first-order valence-electron chi connectivity index (χ1n) is 1.21. The summed E-state index contributed by atoms with van der Waals surface area (Å²) in [5.41, 5.74) is 0. The Bertz CT molecular complexity index is 85.4. The van der Waals surface area contributed by atoms with Gasteiger partial charge in [0.15, 0.2) is 4.32 Å². The fraction of sp³-hybridized carbons (Fsp3) is 0.500. The monoisotopic (exact) mass is 148 g/mol. The largest absolute Gasteiger partial charge is 0.437 e. The highest BCUT2D eigenvalue weighted by atomic mass is 35.5. The quantitative estimate of drug-likeness (QED) is 0.375. The van der Waals surface area contributed by atoms with Gasteiger partial charge in [0.05, 0.1) is 0 Å². The van der Waals surface area contributed by atoms with Crippen molar-refractivity contribution >= 4 is 28.1 Å². The summed E-state index contributed by atoms with van der Waals surface area (Å²) in [6.45, 7) is 0. The van der Waals surface area contributed by atoms with E-state index in [0.29, 0.717) is 0 Å². The molecule has 0 fully saturated rings. The van der Waals surface area contributed by atoms with Gasteiger partial charge in [0.2, 0.25) is 0 Å². The minimum atomic E-state index is -4.50. The molecule has 0 bridgehead atoms. The van der Waals surface area contributed by atoms with Crippen molar-refractivity contribution in [3.63, 3.8) is 0 Å². The molecule has 0 unspecified atom stereocenters. The van der Waals surface area contributed by atoms with Crippen LogP contribution in [-0.2, 0) is 0 Å². The maximum atomic E-state index is 10.9. The Morgan fingerprint density at radius 1 is 1.43 bits per heavy atom. The van der Waals surface area contributed by atoms with E-state index in [1.165, 1.54) is 0 Å². The molecule has 5 heteroatoms. The van der Waals surface area contributed by atoms with E-state index >= 15 is 0 Å². The lowest BCUT2D eigenvalue weighted by Crippen LogP contribution is -2.13. The molecule has 0 saturated heterocycles. The highest BCUT2D eigenvalue weighted by molar-refractivity contribution is 7.83. The van der Waals surface area contributed by atoms with Gasteiger partial charge in [-0.3, -0.25) is 0 Å². The van der Waals surface area contributed by atoms with Gasteiger partial charge in [-0.15, -0.1) is 0 Å². The third-order valence-corrected chi connectivity index (χ3v) is 0.669. The summed E-state index contributed by atoms with van der Waals surface area (Å²) in [4.78, 5) is 0. The second-order valence-corrected chi connectivity index (χ2v) is 1.78. The normalized spacial score (nSPS) is 11.4. The standard InChI is InChI=1S/C2ClF3S/c3-1(7)2(4,5)6. The van der Waals surface area contributed by atoms with E-state index in [1.807, 2.05) is 0 Å². The Labute approximate surface area is 48.3 Å². The molecular formula is C2ClF3S. The van der Waals surface area contributed by atoms with E-state index < -0.39 is 10.5 Å². The Kier molecular flexibility index (Phi) is 2.01. The maximum Gasteiger partial charge on any atom is 0.437 e. The molecule has 0 aliphatic heterocycles. The fourth-order valence-electron chi connectivity index (χ4n) is 0. The zero-order chi connectivity index (χ0) is 6.08. The van der Waals surface area contributed by atoms with Crippen LogP contribution in [0.2, 0.25) is 0 Å². The molecule has 0 rings (SSSR count). The van der Waals surface area contributed by atoms with Crippen LogP contribution < -0.4 is 0 Å². The first-order chi connectivity index (χ1) is 2.94. The van der Waals surface area contributed by atoms with E-state index in [2.05, 4.69) is 23.8 Å². The van der Waals surface area contributed by atoms with Gasteiger partial charge in [-0.25, -0.2) is 0 Å². The van der Waals surface area contributed by atoms with Gasteiger partial charge < -0.3 is 0 Å². The van der Waals surface area contributed by atoms with Crippen LogP contribution in [0, 0.1) is 0 Å². The van der Waals surface area contributed by atoms with E-state index in [0.717, 1.165) is 0 Å². The highest BCUT2D eigenvalue weighted by Gasteiger charge is 2.32. The molecule has 0 atom stereocenters. The number of hydrogen-bond donors (Lipinski definition) is 0. The zero-order valence-corrected chi connectivity index (χ0v) is 4.49. The van der Waals surface area contributed by atoms with Crippen LogP contribution in [0.3, 0.4) is 0 Å². The van der Waals surface area contributed by atoms with Gasteiger partial charge in [0, 0.05) is 0 Å². The Morgan fingerprint density at radius 3 is 1.57 bits per heavy atom. The van der Waals surface area contributed by atoms with Crippen LogP contribution in [0.15, 0.2) is 0 Å². The van der Waals surface area contributed by atoms with Gasteiger partial charge in [-0.1, -0.05) is 23.8 Å². The third-order valence-electron chi connectivity index (χ3n) is 0.223. The third kappa shape index (κ3) is 2.82. The topological polar surface area (TPSA) is 0 Å². The van der Waals surface area contributed by atoms with Crippen LogP contribution in [0.5, 0.6) is 0 Å². The number of thiocarbonyl (C=S) groups is 1. The molecule has 0 aromatic heterocycles. The summed E-state index contributed by atoms with van der Waals surface area (Å²) in [6.07, 6.45) is -4.50. The molecule has 0 aromatic carbocycles. The predicted molar refractivity (Wildman–Crippen MR) is 24.5 cm³/mol. The lowest BCUT2D eigenvalue weighted by atomic mass is 10.8. The zero-order valence-electron chi connectivity index (χ0n) is 2.92. The number of hydrogen-bond acceptors (Lipinski definition) is 1. The molecular weight excluding hydrogens is 149 g/mol. The van der Waals surface area contributed by atoms with E-state index in [-0.39, 0.29) is 0 Å². The minimum absolute atomic E-state index is 1.45. The molecule has 0 spiro atoms. The van der Waals surface area contributed by atoms with Crippen molar-refractivity contribution in [2.45, 2.75) is 6.18 Å². The van der Waals surface area contributed by atoms with Gasteiger partial charge in [-0.05, 0) is 0 Å². The van der Waals surface area contributed by atoms with E-state index in [1.54, 1.807) is 0 Å². The summed E-state index contributed by atoms with van der Waals surface area (Å²) in [7, 11) is 0. The molecule has 0 radical (unpaired) electrons. The second kappa shape index (κ2) is 1.96. The average molecular weight is 149 g/mol. The number of halogens is 4. The first-order valence-corrected chi connectivity index (χ1v) is 2.00. The maximum absolute atomic E-state index is 10.9. The lowest BCUT2D eigenvalue weighted by Gasteiger charge is -1.96. The first kappa shape index (κ1) is 7.17. The molecule has 0 aromatic rings. The van der Waals surface area contributed by atoms with Crippen molar-refractivity contribution < 1.29 is 13.2 Å². The SMILES string of the molecule is FC(F)(F)C(=S)Cl. The van der Waals surface area contributed by atoms with Crippen molar-refractivity contribution in [1.29, 1.82) is 0 Å². The van der Waals surface area contributed by atoms with Crippen LogP contribution in [-0.4, -0.2) is 10.5 Å². The highest BCUT2D eigenvalue weighted by Crippen LogP contribution is 2.18. The van der Waals surface area contributed by atoms with Crippen LogP contribution in [0.1, 0.15) is 0 Å². The smallest absolute Gasteiger partial charge is 0.164 e. The second-order valence-electron chi connectivity index (χ2n) is 0.771. The predicted octanol–water partition coefficient (Wildman–Crippen LogP) is 2.11. The molecule has 0 amide bonds. The molecule has 0 saturated carbocycles. The molecule has 0 heterocycles. The summed E-state index contributed by atoms with van der Waals surface area (Å²) >= 11 is 7.93.